The van der Waals surface area contributed by atoms with Crippen LogP contribution in [0.25, 0.3) is 0 Å². The van der Waals surface area contributed by atoms with E-state index in [9.17, 15) is 4.79 Å². The van der Waals surface area contributed by atoms with Gasteiger partial charge in [0.1, 0.15) is 0 Å². The third-order valence-electron chi connectivity index (χ3n) is 3.52. The summed E-state index contributed by atoms with van der Waals surface area (Å²) in [6.07, 6.45) is 5.22. The first kappa shape index (κ1) is 17.5. The van der Waals surface area contributed by atoms with Crippen molar-refractivity contribution in [1.29, 1.82) is 0 Å². The van der Waals surface area contributed by atoms with Crippen molar-refractivity contribution in [2.24, 2.45) is 0 Å². The van der Waals surface area contributed by atoms with Crippen LogP contribution < -0.4 is 4.90 Å². The number of rotatable bonds is 10. The van der Waals surface area contributed by atoms with Gasteiger partial charge in [-0.25, -0.2) is 0 Å². The zero-order valence-corrected chi connectivity index (χ0v) is 13.7. The lowest BCUT2D eigenvalue weighted by molar-refractivity contribution is -0.142. The number of carbonyl (C=O) groups excluding carboxylic acids is 1. The maximum atomic E-state index is 11.5. The van der Waals surface area contributed by atoms with Crippen molar-refractivity contribution in [3.8, 4) is 0 Å². The number of unbranched alkanes of at least 4 members (excludes halogenated alkanes) is 2. The van der Waals surface area contributed by atoms with Gasteiger partial charge in [0, 0.05) is 18.8 Å². The fourth-order valence-electron chi connectivity index (χ4n) is 2.27. The van der Waals surface area contributed by atoms with Gasteiger partial charge in [-0.2, -0.15) is 0 Å². The van der Waals surface area contributed by atoms with Crippen molar-refractivity contribution in [2.75, 3.05) is 24.6 Å². The first-order chi connectivity index (χ1) is 10.2. The summed E-state index contributed by atoms with van der Waals surface area (Å²) in [6.45, 7) is 8.93. The van der Waals surface area contributed by atoms with E-state index in [2.05, 4.69) is 30.9 Å². The number of benzene rings is 1. The molecule has 1 rings (SSSR count). The van der Waals surface area contributed by atoms with Gasteiger partial charge in [-0.3, -0.25) is 4.79 Å². The highest BCUT2D eigenvalue weighted by Crippen LogP contribution is 2.17. The van der Waals surface area contributed by atoms with Gasteiger partial charge >= 0.3 is 5.97 Å². The Balaban J connectivity index is 2.65. The second kappa shape index (κ2) is 10.3. The summed E-state index contributed by atoms with van der Waals surface area (Å²) in [6, 6.07) is 8.33. The lowest BCUT2D eigenvalue weighted by Gasteiger charge is -2.25. The third kappa shape index (κ3) is 6.65. The summed E-state index contributed by atoms with van der Waals surface area (Å²) >= 11 is 0. The maximum Gasteiger partial charge on any atom is 0.310 e. The minimum absolute atomic E-state index is 0.154. The Morgan fingerprint density at radius 2 is 1.57 bits per heavy atom. The highest BCUT2D eigenvalue weighted by Gasteiger charge is 2.07. The molecule has 0 atom stereocenters. The molecule has 0 fully saturated rings. The van der Waals surface area contributed by atoms with Crippen molar-refractivity contribution in [1.82, 2.24) is 0 Å². The number of esters is 1. The Morgan fingerprint density at radius 3 is 2.05 bits per heavy atom. The molecule has 0 radical (unpaired) electrons. The van der Waals surface area contributed by atoms with E-state index in [0.29, 0.717) is 13.0 Å². The highest BCUT2D eigenvalue weighted by atomic mass is 16.5. The van der Waals surface area contributed by atoms with E-state index in [1.54, 1.807) is 0 Å². The standard InChI is InChI=1S/C18H29NO2/c1-4-7-13-19(14-8-5-2)17-11-9-16(10-12-17)15-18(20)21-6-3/h9-12H,4-8,13-15H2,1-3H3. The first-order valence-electron chi connectivity index (χ1n) is 8.20. The fourth-order valence-corrected chi connectivity index (χ4v) is 2.27. The molecule has 0 saturated carbocycles. The molecule has 118 valence electrons. The molecule has 0 aliphatic carbocycles. The zero-order chi connectivity index (χ0) is 15.5. The summed E-state index contributed by atoms with van der Waals surface area (Å²) in [7, 11) is 0. The average Bonchev–Trinajstić information content (AvgIpc) is 2.49. The highest BCUT2D eigenvalue weighted by molar-refractivity contribution is 5.72. The molecule has 0 aliphatic rings. The molecular weight excluding hydrogens is 262 g/mol. The number of hydrogen-bond acceptors (Lipinski definition) is 3. The number of hydrogen-bond donors (Lipinski definition) is 0. The summed E-state index contributed by atoms with van der Waals surface area (Å²) in [5.74, 6) is -0.154. The van der Waals surface area contributed by atoms with Gasteiger partial charge in [0.2, 0.25) is 0 Å². The Morgan fingerprint density at radius 1 is 1.00 bits per heavy atom. The predicted molar refractivity (Wildman–Crippen MR) is 88.8 cm³/mol. The summed E-state index contributed by atoms with van der Waals surface area (Å²) in [4.78, 5) is 13.9. The molecule has 0 spiro atoms. The van der Waals surface area contributed by atoms with Crippen molar-refractivity contribution < 1.29 is 9.53 Å². The molecule has 0 bridgehead atoms. The molecule has 3 nitrogen and oxygen atoms in total. The van der Waals surface area contributed by atoms with E-state index >= 15 is 0 Å². The van der Waals surface area contributed by atoms with Crippen LogP contribution in [0.15, 0.2) is 24.3 Å². The largest absolute Gasteiger partial charge is 0.466 e. The molecule has 0 aliphatic heterocycles. The van der Waals surface area contributed by atoms with E-state index < -0.39 is 0 Å². The minimum Gasteiger partial charge on any atom is -0.466 e. The molecule has 1 aromatic carbocycles. The van der Waals surface area contributed by atoms with Crippen molar-refractivity contribution >= 4 is 11.7 Å². The van der Waals surface area contributed by atoms with Gasteiger partial charge in [0.05, 0.1) is 13.0 Å². The topological polar surface area (TPSA) is 29.5 Å². The van der Waals surface area contributed by atoms with Crippen LogP contribution in [0.3, 0.4) is 0 Å². The van der Waals surface area contributed by atoms with Gasteiger partial charge in [-0.15, -0.1) is 0 Å². The van der Waals surface area contributed by atoms with Crippen molar-refractivity contribution in [2.45, 2.75) is 52.9 Å². The molecule has 0 amide bonds. The second-order valence-electron chi connectivity index (χ2n) is 5.34. The van der Waals surface area contributed by atoms with E-state index in [4.69, 9.17) is 4.74 Å². The molecule has 0 saturated heterocycles. The Kier molecular flexibility index (Phi) is 8.56. The normalized spacial score (nSPS) is 10.4. The van der Waals surface area contributed by atoms with Gasteiger partial charge < -0.3 is 9.64 Å². The molecule has 0 N–H and O–H groups in total. The Hall–Kier alpha value is -1.51. The van der Waals surface area contributed by atoms with E-state index in [1.165, 1.54) is 31.4 Å². The van der Waals surface area contributed by atoms with Crippen LogP contribution in [-0.2, 0) is 16.0 Å². The van der Waals surface area contributed by atoms with Crippen LogP contribution >= 0.6 is 0 Å². The molecule has 0 unspecified atom stereocenters. The van der Waals surface area contributed by atoms with Crippen LogP contribution in [0.2, 0.25) is 0 Å². The predicted octanol–water partition coefficient (Wildman–Crippen LogP) is 4.20. The zero-order valence-electron chi connectivity index (χ0n) is 13.7. The average molecular weight is 291 g/mol. The lowest BCUT2D eigenvalue weighted by Crippen LogP contribution is -2.25. The molecule has 0 heterocycles. The van der Waals surface area contributed by atoms with Crippen LogP contribution in [0.4, 0.5) is 5.69 Å². The van der Waals surface area contributed by atoms with E-state index in [0.717, 1.165) is 18.7 Å². The third-order valence-corrected chi connectivity index (χ3v) is 3.52. The molecule has 3 heteroatoms. The minimum atomic E-state index is -0.154. The second-order valence-corrected chi connectivity index (χ2v) is 5.34. The van der Waals surface area contributed by atoms with Crippen LogP contribution in [0.5, 0.6) is 0 Å². The molecular formula is C18H29NO2. The molecule has 21 heavy (non-hydrogen) atoms. The lowest BCUT2D eigenvalue weighted by atomic mass is 10.1. The first-order valence-corrected chi connectivity index (χ1v) is 8.20. The van der Waals surface area contributed by atoms with E-state index in [1.807, 2.05) is 19.1 Å². The monoisotopic (exact) mass is 291 g/mol. The maximum absolute atomic E-state index is 11.5. The quantitative estimate of drug-likeness (QED) is 0.605. The van der Waals surface area contributed by atoms with Crippen molar-refractivity contribution in [3.05, 3.63) is 29.8 Å². The van der Waals surface area contributed by atoms with E-state index in [-0.39, 0.29) is 5.97 Å². The number of anilines is 1. The van der Waals surface area contributed by atoms with Gasteiger partial charge in [0.25, 0.3) is 0 Å². The molecule has 1 aromatic rings. The number of carbonyl (C=O) groups is 1. The number of ether oxygens (including phenoxy) is 1. The summed E-state index contributed by atoms with van der Waals surface area (Å²) in [5, 5.41) is 0. The van der Waals surface area contributed by atoms with Crippen LogP contribution in [0.1, 0.15) is 52.0 Å². The van der Waals surface area contributed by atoms with Gasteiger partial charge in [-0.1, -0.05) is 38.8 Å². The SMILES string of the molecule is CCCCN(CCCC)c1ccc(CC(=O)OCC)cc1. The Bertz CT molecular complexity index is 392. The van der Waals surface area contributed by atoms with Gasteiger partial charge in [-0.05, 0) is 37.5 Å². The van der Waals surface area contributed by atoms with Crippen LogP contribution in [-0.4, -0.2) is 25.7 Å². The molecule has 0 aromatic heterocycles. The van der Waals surface area contributed by atoms with Crippen molar-refractivity contribution in [3.63, 3.8) is 0 Å². The summed E-state index contributed by atoms with van der Waals surface area (Å²) < 4.78 is 4.98. The van der Waals surface area contributed by atoms with Gasteiger partial charge in [0.15, 0.2) is 0 Å². The number of nitrogens with zero attached hydrogens (tertiary/aromatic N) is 1. The summed E-state index contributed by atoms with van der Waals surface area (Å²) in [5.41, 5.74) is 2.27. The Labute approximate surface area is 129 Å². The smallest absolute Gasteiger partial charge is 0.310 e. The van der Waals surface area contributed by atoms with Crippen LogP contribution in [0, 0.1) is 0 Å². The fraction of sp³-hybridized carbons (Fsp3) is 0.611.